The molecule has 0 bridgehead atoms. The largest absolute Gasteiger partial charge is 0.505 e. The van der Waals surface area contributed by atoms with E-state index in [1.54, 1.807) is 18.2 Å². The van der Waals surface area contributed by atoms with Gasteiger partial charge in [0.2, 0.25) is 9.84 Å². The number of phenolic OH excluding ortho intramolecular Hbond substituents is 2. The van der Waals surface area contributed by atoms with E-state index in [-0.39, 0.29) is 82.6 Å². The Morgan fingerprint density at radius 2 is 0.884 bits per heavy atom. The second-order valence-corrected chi connectivity index (χ2v) is 18.0. The van der Waals surface area contributed by atoms with Crippen LogP contribution in [0.3, 0.4) is 0 Å². The smallest absolute Gasteiger partial charge is 0.335 e. The number of fused-ring (bicyclic) bond motifs is 2. The highest BCUT2D eigenvalue weighted by atomic mass is 32.2. The van der Waals surface area contributed by atoms with Crippen molar-refractivity contribution in [3.8, 4) is 11.5 Å². The fourth-order valence-electron chi connectivity index (χ4n) is 6.81. The summed E-state index contributed by atoms with van der Waals surface area (Å²) in [5.74, 6) is -3.41. The van der Waals surface area contributed by atoms with E-state index in [4.69, 9.17) is 11.5 Å². The number of carboxylic acids is 2. The van der Waals surface area contributed by atoms with Gasteiger partial charge in [0.1, 0.15) is 16.3 Å². The molecular formula is C46H32N10O11S2. The van der Waals surface area contributed by atoms with E-state index in [9.17, 15) is 51.4 Å². The fraction of sp³-hybridized carbons (Fsp3) is 0. The molecule has 0 saturated carbocycles. The van der Waals surface area contributed by atoms with Crippen LogP contribution in [0.2, 0.25) is 0 Å². The van der Waals surface area contributed by atoms with Crippen LogP contribution in [0.25, 0.3) is 21.5 Å². The summed E-state index contributed by atoms with van der Waals surface area (Å²) in [6.07, 6.45) is 0. The van der Waals surface area contributed by atoms with Crippen molar-refractivity contribution in [2.24, 2.45) is 40.9 Å². The molecule has 0 aromatic heterocycles. The van der Waals surface area contributed by atoms with Gasteiger partial charge in [0, 0.05) is 22.1 Å². The van der Waals surface area contributed by atoms with Crippen LogP contribution in [0.15, 0.2) is 195 Å². The van der Waals surface area contributed by atoms with Crippen LogP contribution in [0, 0.1) is 0 Å². The molecule has 0 aliphatic heterocycles. The number of azo groups is 4. The number of hydrogen-bond donors (Lipinski definition) is 7. The van der Waals surface area contributed by atoms with Crippen LogP contribution in [0.1, 0.15) is 20.7 Å². The molecule has 8 rings (SSSR count). The quantitative estimate of drug-likeness (QED) is 0.0321. The Morgan fingerprint density at radius 3 is 1.38 bits per heavy atom. The number of nitrogens with two attached hydrogens (primary N) is 2. The SMILES string of the molecule is Nc1ccc(N=Nc2cccc(C(=O)O)c2)c2ccc(N=Nc3ccc(S(=O)(=O)c4ccc(N=Nc5c(S(=O)(=O)O)cc6c(N=Nc7cccc(C(=O)O)c7)ccc(N)c6c5O)cc4)cc3)c(O)c12. The van der Waals surface area contributed by atoms with E-state index >= 15 is 0 Å². The first-order valence-electron chi connectivity index (χ1n) is 19.8. The predicted molar refractivity (Wildman–Crippen MR) is 252 cm³/mol. The van der Waals surface area contributed by atoms with Gasteiger partial charge in [-0.3, -0.25) is 4.55 Å². The summed E-state index contributed by atoms with van der Waals surface area (Å²) < 4.78 is 62.6. The number of carboxylic acid groups (broad SMARTS) is 2. The summed E-state index contributed by atoms with van der Waals surface area (Å²) >= 11 is 0. The van der Waals surface area contributed by atoms with Crippen molar-refractivity contribution in [1.82, 2.24) is 0 Å². The van der Waals surface area contributed by atoms with Gasteiger partial charge in [-0.25, -0.2) is 18.0 Å². The molecule has 8 aromatic rings. The lowest BCUT2D eigenvalue weighted by Crippen LogP contribution is -2.01. The summed E-state index contributed by atoms with van der Waals surface area (Å²) in [5, 5.41) is 74.1. The number of aromatic carboxylic acids is 2. The highest BCUT2D eigenvalue weighted by Gasteiger charge is 2.25. The summed E-state index contributed by atoms with van der Waals surface area (Å²) in [6.45, 7) is 0. The molecule has 0 aliphatic rings. The normalized spacial score (nSPS) is 12.3. The zero-order valence-corrected chi connectivity index (χ0v) is 36.6. The Morgan fingerprint density at radius 1 is 0.449 bits per heavy atom. The summed E-state index contributed by atoms with van der Waals surface area (Å²) in [6, 6.07) is 31.7. The van der Waals surface area contributed by atoms with Crippen molar-refractivity contribution < 1.29 is 51.4 Å². The van der Waals surface area contributed by atoms with Gasteiger partial charge < -0.3 is 31.9 Å². The average molecular weight is 965 g/mol. The highest BCUT2D eigenvalue weighted by Crippen LogP contribution is 2.47. The molecule has 0 amide bonds. The zero-order chi connectivity index (χ0) is 49.2. The number of rotatable bonds is 13. The van der Waals surface area contributed by atoms with E-state index < -0.39 is 48.2 Å². The molecule has 0 unspecified atom stereocenters. The van der Waals surface area contributed by atoms with Crippen molar-refractivity contribution in [1.29, 1.82) is 0 Å². The summed E-state index contributed by atoms with van der Waals surface area (Å²) in [7, 11) is -9.20. The molecule has 23 heteroatoms. The Balaban J connectivity index is 1.00. The number of nitrogen functional groups attached to an aromatic ring is 2. The third kappa shape index (κ3) is 9.66. The predicted octanol–water partition coefficient (Wildman–Crippen LogP) is 11.7. The Kier molecular flexibility index (Phi) is 12.4. The lowest BCUT2D eigenvalue weighted by molar-refractivity contribution is 0.0686. The standard InChI is InChI=1S/C46H32N10O11S2/c47-34-16-19-36(53-51-28-5-1-3-24(21-28)45(59)60)32-15-18-38(43(57)40(32)34)55-49-26-7-11-30(12-8-26)68(63,64)31-13-9-27(10-14-31)50-56-42-39(69(65,66)67)23-33-37(20-17-35(48)41(33)44(42)58)54-52-29-6-2-4-25(22-29)46(61)62/h1-23,57-58H,47-48H2,(H,59,60)(H,61,62)(H,65,66,67). The van der Waals surface area contributed by atoms with E-state index in [2.05, 4.69) is 40.9 Å². The first kappa shape index (κ1) is 46.2. The monoisotopic (exact) mass is 964 g/mol. The van der Waals surface area contributed by atoms with Crippen LogP contribution in [0.4, 0.5) is 56.9 Å². The third-order valence-corrected chi connectivity index (χ3v) is 12.9. The minimum atomic E-state index is -5.08. The molecule has 0 radical (unpaired) electrons. The first-order chi connectivity index (χ1) is 32.9. The second kappa shape index (κ2) is 18.5. The van der Waals surface area contributed by atoms with Crippen LogP contribution >= 0.6 is 0 Å². The number of carbonyl (C=O) groups is 2. The summed E-state index contributed by atoms with van der Waals surface area (Å²) in [4.78, 5) is 21.6. The number of anilines is 2. The maximum atomic E-state index is 13.6. The molecule has 9 N–H and O–H groups in total. The minimum absolute atomic E-state index is 0.00543. The Hall–Kier alpha value is -9.32. The van der Waals surface area contributed by atoms with Crippen molar-refractivity contribution in [3.05, 3.63) is 151 Å². The number of hydrogen-bond acceptors (Lipinski definition) is 18. The van der Waals surface area contributed by atoms with Gasteiger partial charge in [-0.2, -0.15) is 28.9 Å². The van der Waals surface area contributed by atoms with E-state index in [0.29, 0.717) is 16.8 Å². The van der Waals surface area contributed by atoms with Crippen LogP contribution < -0.4 is 11.5 Å². The second-order valence-electron chi connectivity index (χ2n) is 14.7. The summed E-state index contributed by atoms with van der Waals surface area (Å²) in [5.41, 5.74) is 12.9. The topological polar surface area (TPSA) is 354 Å². The number of sulfone groups is 1. The van der Waals surface area contributed by atoms with Crippen LogP contribution in [0.5, 0.6) is 11.5 Å². The molecule has 0 spiro atoms. The molecule has 0 fully saturated rings. The third-order valence-electron chi connectivity index (χ3n) is 10.2. The van der Waals surface area contributed by atoms with E-state index in [1.807, 2.05) is 0 Å². The number of benzene rings is 8. The fourth-order valence-corrected chi connectivity index (χ4v) is 8.72. The molecule has 0 atom stereocenters. The minimum Gasteiger partial charge on any atom is -0.505 e. The van der Waals surface area contributed by atoms with Crippen molar-refractivity contribution in [2.75, 3.05) is 11.5 Å². The zero-order valence-electron chi connectivity index (χ0n) is 35.0. The van der Waals surface area contributed by atoms with Crippen molar-refractivity contribution in [2.45, 2.75) is 14.7 Å². The van der Waals surface area contributed by atoms with Gasteiger partial charge in [0.15, 0.2) is 11.5 Å². The molecule has 8 aromatic carbocycles. The van der Waals surface area contributed by atoms with Gasteiger partial charge >= 0.3 is 11.9 Å². The number of phenols is 2. The van der Waals surface area contributed by atoms with Gasteiger partial charge in [-0.1, -0.05) is 12.1 Å². The molecule has 344 valence electrons. The van der Waals surface area contributed by atoms with Crippen molar-refractivity contribution >= 4 is 110 Å². The van der Waals surface area contributed by atoms with E-state index in [1.165, 1.54) is 115 Å². The molecule has 69 heavy (non-hydrogen) atoms. The molecule has 0 saturated heterocycles. The lowest BCUT2D eigenvalue weighted by atomic mass is 10.0. The van der Waals surface area contributed by atoms with Gasteiger partial charge in [0.05, 0.1) is 65.8 Å². The average Bonchev–Trinajstić information content (AvgIpc) is 3.33. The number of aromatic hydroxyl groups is 2. The lowest BCUT2D eigenvalue weighted by Gasteiger charge is -2.12. The van der Waals surface area contributed by atoms with E-state index in [0.717, 1.165) is 6.07 Å². The first-order valence-corrected chi connectivity index (χ1v) is 22.7. The van der Waals surface area contributed by atoms with Crippen LogP contribution in [-0.4, -0.2) is 53.8 Å². The highest BCUT2D eigenvalue weighted by molar-refractivity contribution is 7.91. The molecular weight excluding hydrogens is 933 g/mol. The molecule has 0 aliphatic carbocycles. The maximum Gasteiger partial charge on any atom is 0.335 e. The van der Waals surface area contributed by atoms with Gasteiger partial charge in [0.25, 0.3) is 10.1 Å². The maximum absolute atomic E-state index is 13.6. The number of nitrogens with zero attached hydrogens (tertiary/aromatic N) is 8. The Labute approximate surface area is 389 Å². The van der Waals surface area contributed by atoms with Crippen LogP contribution in [-0.2, 0) is 20.0 Å². The van der Waals surface area contributed by atoms with Gasteiger partial charge in [-0.05, 0) is 127 Å². The van der Waals surface area contributed by atoms with Gasteiger partial charge in [-0.15, -0.1) is 20.5 Å². The van der Waals surface area contributed by atoms with Crippen molar-refractivity contribution in [3.63, 3.8) is 0 Å². The molecule has 21 nitrogen and oxygen atoms in total. The Bertz CT molecular complexity index is 3770. The molecule has 0 heterocycles.